The van der Waals surface area contributed by atoms with E-state index in [2.05, 4.69) is 15.7 Å². The van der Waals surface area contributed by atoms with Crippen molar-refractivity contribution in [1.82, 2.24) is 15.1 Å². The van der Waals surface area contributed by atoms with E-state index >= 15 is 0 Å². The molecule has 0 spiro atoms. The number of halogens is 3. The minimum Gasteiger partial charge on any atom is -0.356 e. The number of fused-ring (bicyclic) bond motifs is 1. The maximum absolute atomic E-state index is 12.6. The van der Waals surface area contributed by atoms with Crippen molar-refractivity contribution in [3.8, 4) is 0 Å². The first-order chi connectivity index (χ1) is 14.1. The minimum absolute atomic E-state index is 0.0371. The van der Waals surface area contributed by atoms with Gasteiger partial charge in [-0.25, -0.2) is 0 Å². The van der Waals surface area contributed by atoms with Gasteiger partial charge in [-0.3, -0.25) is 14.3 Å². The summed E-state index contributed by atoms with van der Waals surface area (Å²) in [5.74, 6) is -1.21. The van der Waals surface area contributed by atoms with Crippen LogP contribution in [-0.4, -0.2) is 34.3 Å². The number of rotatable bonds is 6. The van der Waals surface area contributed by atoms with Crippen LogP contribution in [0.15, 0.2) is 36.3 Å². The van der Waals surface area contributed by atoms with Crippen LogP contribution in [0.1, 0.15) is 49.2 Å². The van der Waals surface area contributed by atoms with Crippen LogP contribution in [0.2, 0.25) is 0 Å². The molecule has 2 heterocycles. The van der Waals surface area contributed by atoms with E-state index in [1.54, 1.807) is 10.9 Å². The molecule has 30 heavy (non-hydrogen) atoms. The molecule has 0 aliphatic carbocycles. The van der Waals surface area contributed by atoms with Crippen LogP contribution >= 0.6 is 0 Å². The molecule has 10 heteroatoms. The Labute approximate surface area is 171 Å². The topological polar surface area (TPSA) is 88.1 Å². The molecule has 3 N–H and O–H groups in total. The van der Waals surface area contributed by atoms with E-state index in [0.29, 0.717) is 34.6 Å². The molecule has 2 aromatic rings. The molecule has 0 saturated carbocycles. The second kappa shape index (κ2) is 8.21. The molecule has 1 aliphatic rings. The average Bonchev–Trinajstić information content (AvgIpc) is 3.27. The number of aromatic nitrogens is 2. The second-order valence-electron chi connectivity index (χ2n) is 7.15. The van der Waals surface area contributed by atoms with Gasteiger partial charge in [-0.2, -0.15) is 18.3 Å². The van der Waals surface area contributed by atoms with Gasteiger partial charge in [0, 0.05) is 34.8 Å². The fourth-order valence-electron chi connectivity index (χ4n) is 3.08. The molecule has 0 fully saturated rings. The fourth-order valence-corrected chi connectivity index (χ4v) is 3.08. The zero-order chi connectivity index (χ0) is 22.1. The van der Waals surface area contributed by atoms with Gasteiger partial charge in [0.1, 0.15) is 6.54 Å². The molecule has 0 bridgehead atoms. The van der Waals surface area contributed by atoms with E-state index < -0.39 is 18.6 Å². The van der Waals surface area contributed by atoms with Crippen LogP contribution < -0.4 is 16.0 Å². The Hall–Kier alpha value is -3.30. The lowest BCUT2D eigenvalue weighted by molar-refractivity contribution is -0.123. The molecule has 2 amide bonds. The van der Waals surface area contributed by atoms with Crippen LogP contribution in [-0.2, 0) is 4.79 Å². The first-order valence-electron chi connectivity index (χ1n) is 9.44. The summed E-state index contributed by atoms with van der Waals surface area (Å²) in [6.07, 6.45) is -0.561. The van der Waals surface area contributed by atoms with Gasteiger partial charge in [0.25, 0.3) is 11.8 Å². The predicted molar refractivity (Wildman–Crippen MR) is 107 cm³/mol. The quantitative estimate of drug-likeness (QED) is 0.617. The van der Waals surface area contributed by atoms with Crippen LogP contribution in [0.25, 0.3) is 5.57 Å². The lowest BCUT2D eigenvalue weighted by Crippen LogP contribution is -2.33. The van der Waals surface area contributed by atoms with Crippen molar-refractivity contribution in [2.75, 3.05) is 17.2 Å². The van der Waals surface area contributed by atoms with Gasteiger partial charge in [0.15, 0.2) is 0 Å². The Morgan fingerprint density at radius 3 is 2.63 bits per heavy atom. The zero-order valence-corrected chi connectivity index (χ0v) is 16.7. The summed E-state index contributed by atoms with van der Waals surface area (Å²) in [6.45, 7) is 4.42. The van der Waals surface area contributed by atoms with Crippen molar-refractivity contribution >= 4 is 28.8 Å². The van der Waals surface area contributed by atoms with Crippen molar-refractivity contribution in [3.63, 3.8) is 0 Å². The number of benzene rings is 1. The standard InChI is InChI=1S/C20H22F3N5O2/c1-4-15(26-13-8-25-28(9-13)11(2)3)17-14-7-12(5-6-16(14)27-19(17)30)18(29)24-10-20(21,22)23/h5-9,11,26H,4,10H2,1-3H3,(H,24,29)(H,27,30). The van der Waals surface area contributed by atoms with E-state index in [0.717, 1.165) is 0 Å². The first-order valence-corrected chi connectivity index (χ1v) is 9.44. The molecule has 7 nitrogen and oxygen atoms in total. The lowest BCUT2D eigenvalue weighted by Gasteiger charge is -2.12. The third kappa shape index (κ3) is 4.64. The monoisotopic (exact) mass is 421 g/mol. The van der Waals surface area contributed by atoms with Gasteiger partial charge in [-0.15, -0.1) is 0 Å². The number of carbonyl (C=O) groups is 2. The third-order valence-electron chi connectivity index (χ3n) is 4.56. The molecule has 0 atom stereocenters. The fraction of sp³-hybridized carbons (Fsp3) is 0.350. The van der Waals surface area contributed by atoms with Crippen LogP contribution in [0.3, 0.4) is 0 Å². The van der Waals surface area contributed by atoms with Crippen molar-refractivity contribution in [2.24, 2.45) is 0 Å². The average molecular weight is 421 g/mol. The van der Waals surface area contributed by atoms with Gasteiger partial charge in [0.05, 0.1) is 17.5 Å². The molecule has 160 valence electrons. The van der Waals surface area contributed by atoms with Crippen LogP contribution in [0.4, 0.5) is 24.5 Å². The normalized spacial score (nSPS) is 15.1. The van der Waals surface area contributed by atoms with Crippen molar-refractivity contribution in [2.45, 2.75) is 39.4 Å². The SMILES string of the molecule is CCC(Nc1cnn(C(C)C)c1)=C1C(=O)Nc2ccc(C(=O)NCC(F)(F)F)cc21. The number of alkyl halides is 3. The van der Waals surface area contributed by atoms with Crippen LogP contribution in [0.5, 0.6) is 0 Å². The van der Waals surface area contributed by atoms with Gasteiger partial charge in [0.2, 0.25) is 0 Å². The molecule has 1 aromatic heterocycles. The number of carbonyl (C=O) groups excluding carboxylic acids is 2. The second-order valence-corrected chi connectivity index (χ2v) is 7.15. The number of nitrogens with zero attached hydrogens (tertiary/aromatic N) is 2. The number of amides is 2. The molecule has 0 saturated heterocycles. The van der Waals surface area contributed by atoms with Crippen molar-refractivity contribution in [1.29, 1.82) is 0 Å². The highest BCUT2D eigenvalue weighted by molar-refractivity contribution is 6.32. The number of allylic oxidation sites excluding steroid dienone is 1. The molecular weight excluding hydrogens is 399 g/mol. The van der Waals surface area contributed by atoms with Gasteiger partial charge in [-0.05, 0) is 38.5 Å². The molecule has 1 aromatic carbocycles. The molecular formula is C20H22F3N5O2. The summed E-state index contributed by atoms with van der Waals surface area (Å²) >= 11 is 0. The van der Waals surface area contributed by atoms with E-state index in [4.69, 9.17) is 0 Å². The van der Waals surface area contributed by atoms with E-state index in [9.17, 15) is 22.8 Å². The molecule has 0 unspecified atom stereocenters. The largest absolute Gasteiger partial charge is 0.405 e. The highest BCUT2D eigenvalue weighted by Crippen LogP contribution is 2.35. The van der Waals surface area contributed by atoms with E-state index in [1.165, 1.54) is 18.2 Å². The number of nitrogens with one attached hydrogen (secondary N) is 3. The first kappa shape index (κ1) is 21.4. The Balaban J connectivity index is 1.92. The highest BCUT2D eigenvalue weighted by Gasteiger charge is 2.30. The summed E-state index contributed by atoms with van der Waals surface area (Å²) in [5, 5.41) is 12.0. The van der Waals surface area contributed by atoms with Crippen molar-refractivity contribution in [3.05, 3.63) is 47.4 Å². The third-order valence-corrected chi connectivity index (χ3v) is 4.56. The van der Waals surface area contributed by atoms with Crippen LogP contribution in [0, 0.1) is 0 Å². The van der Waals surface area contributed by atoms with Gasteiger partial charge < -0.3 is 16.0 Å². The Morgan fingerprint density at radius 2 is 2.03 bits per heavy atom. The number of hydrogen-bond donors (Lipinski definition) is 3. The molecule has 1 aliphatic heterocycles. The molecule has 0 radical (unpaired) electrons. The van der Waals surface area contributed by atoms with E-state index in [1.807, 2.05) is 32.3 Å². The summed E-state index contributed by atoms with van der Waals surface area (Å²) in [6, 6.07) is 4.47. The number of anilines is 2. The molecule has 3 rings (SSSR count). The zero-order valence-electron chi connectivity index (χ0n) is 16.7. The maximum Gasteiger partial charge on any atom is 0.405 e. The Morgan fingerprint density at radius 1 is 1.30 bits per heavy atom. The predicted octanol–water partition coefficient (Wildman–Crippen LogP) is 3.94. The Bertz CT molecular complexity index is 1010. The summed E-state index contributed by atoms with van der Waals surface area (Å²) < 4.78 is 38.9. The Kier molecular flexibility index (Phi) is 5.86. The lowest BCUT2D eigenvalue weighted by atomic mass is 10.0. The summed E-state index contributed by atoms with van der Waals surface area (Å²) in [7, 11) is 0. The van der Waals surface area contributed by atoms with E-state index in [-0.39, 0.29) is 17.5 Å². The van der Waals surface area contributed by atoms with Crippen molar-refractivity contribution < 1.29 is 22.8 Å². The maximum atomic E-state index is 12.6. The minimum atomic E-state index is -4.51. The van der Waals surface area contributed by atoms with Gasteiger partial charge >= 0.3 is 6.18 Å². The number of hydrogen-bond acceptors (Lipinski definition) is 4. The van der Waals surface area contributed by atoms with Gasteiger partial charge in [-0.1, -0.05) is 6.92 Å². The summed E-state index contributed by atoms with van der Waals surface area (Å²) in [4.78, 5) is 24.7. The summed E-state index contributed by atoms with van der Waals surface area (Å²) in [5.41, 5.74) is 2.65. The smallest absolute Gasteiger partial charge is 0.356 e. The highest BCUT2D eigenvalue weighted by atomic mass is 19.4.